The molecule has 0 fully saturated rings. The molecule has 2 aromatic rings. The summed E-state index contributed by atoms with van der Waals surface area (Å²) < 4.78 is 40.8. The molecule has 0 bridgehead atoms. The third kappa shape index (κ3) is 7.88. The average Bonchev–Trinajstić information content (AvgIpc) is 2.67. The number of rotatable bonds is 8. The van der Waals surface area contributed by atoms with Crippen LogP contribution >= 0.6 is 0 Å². The summed E-state index contributed by atoms with van der Waals surface area (Å²) in [5.74, 6) is -1.43. The van der Waals surface area contributed by atoms with E-state index in [1.807, 2.05) is 0 Å². The SMILES string of the molecule is CC(C)OC(=O)C(CNC(=O)OC(C)(C)C)c1cccc(OS(=O)(=O)c2ccccc2)c1. The maximum absolute atomic E-state index is 12.7. The Morgan fingerprint density at radius 2 is 1.66 bits per heavy atom. The molecule has 0 aliphatic heterocycles. The molecule has 174 valence electrons. The highest BCUT2D eigenvalue weighted by molar-refractivity contribution is 7.87. The molecule has 8 nitrogen and oxygen atoms in total. The number of carbonyl (C=O) groups is 2. The highest BCUT2D eigenvalue weighted by Crippen LogP contribution is 2.25. The molecule has 9 heteroatoms. The Labute approximate surface area is 189 Å². The highest BCUT2D eigenvalue weighted by Gasteiger charge is 2.26. The van der Waals surface area contributed by atoms with E-state index in [1.165, 1.54) is 24.3 Å². The van der Waals surface area contributed by atoms with E-state index >= 15 is 0 Å². The van der Waals surface area contributed by atoms with Crippen molar-refractivity contribution in [1.29, 1.82) is 0 Å². The van der Waals surface area contributed by atoms with Crippen molar-refractivity contribution in [3.8, 4) is 5.75 Å². The summed E-state index contributed by atoms with van der Waals surface area (Å²) in [6, 6.07) is 13.8. The predicted molar refractivity (Wildman–Crippen MR) is 119 cm³/mol. The van der Waals surface area contributed by atoms with E-state index in [0.29, 0.717) is 5.56 Å². The van der Waals surface area contributed by atoms with Gasteiger partial charge in [0.2, 0.25) is 0 Å². The number of hydrogen-bond donors (Lipinski definition) is 1. The van der Waals surface area contributed by atoms with Gasteiger partial charge in [0.25, 0.3) is 0 Å². The monoisotopic (exact) mass is 463 g/mol. The summed E-state index contributed by atoms with van der Waals surface area (Å²) in [5.41, 5.74) is -0.273. The maximum atomic E-state index is 12.7. The minimum absolute atomic E-state index is 0.00719. The van der Waals surface area contributed by atoms with E-state index < -0.39 is 33.7 Å². The summed E-state index contributed by atoms with van der Waals surface area (Å²) in [5, 5.41) is 2.56. The van der Waals surface area contributed by atoms with Crippen molar-refractivity contribution < 1.29 is 31.7 Å². The smallest absolute Gasteiger partial charge is 0.407 e. The van der Waals surface area contributed by atoms with E-state index in [9.17, 15) is 18.0 Å². The highest BCUT2D eigenvalue weighted by atomic mass is 32.2. The fourth-order valence-electron chi connectivity index (χ4n) is 2.70. The number of alkyl carbamates (subject to hydrolysis) is 1. The van der Waals surface area contributed by atoms with Gasteiger partial charge in [-0.2, -0.15) is 8.42 Å². The number of esters is 1. The molecule has 0 saturated heterocycles. The molecule has 2 rings (SSSR count). The first-order chi connectivity index (χ1) is 14.9. The van der Waals surface area contributed by atoms with Crippen molar-refractivity contribution in [2.24, 2.45) is 0 Å². The van der Waals surface area contributed by atoms with Crippen LogP contribution < -0.4 is 9.50 Å². The van der Waals surface area contributed by atoms with Gasteiger partial charge >= 0.3 is 22.2 Å². The molecule has 2 aromatic carbocycles. The maximum Gasteiger partial charge on any atom is 0.407 e. The molecule has 1 N–H and O–H groups in total. The lowest BCUT2D eigenvalue weighted by Gasteiger charge is -2.22. The molecule has 0 aliphatic carbocycles. The zero-order chi connectivity index (χ0) is 23.9. The van der Waals surface area contributed by atoms with Crippen LogP contribution in [0.5, 0.6) is 5.75 Å². The van der Waals surface area contributed by atoms with Crippen molar-refractivity contribution in [2.45, 2.75) is 57.1 Å². The Balaban J connectivity index is 2.25. The molecular formula is C23H29NO7S. The van der Waals surface area contributed by atoms with Crippen molar-refractivity contribution in [1.82, 2.24) is 5.32 Å². The third-order valence-electron chi connectivity index (χ3n) is 3.98. The third-order valence-corrected chi connectivity index (χ3v) is 5.25. The van der Waals surface area contributed by atoms with Gasteiger partial charge in [-0.15, -0.1) is 0 Å². The van der Waals surface area contributed by atoms with Crippen LogP contribution in [0.1, 0.15) is 46.1 Å². The topological polar surface area (TPSA) is 108 Å². The Hall–Kier alpha value is -3.07. The van der Waals surface area contributed by atoms with E-state index in [1.54, 1.807) is 65.0 Å². The van der Waals surface area contributed by atoms with Crippen molar-refractivity contribution >= 4 is 22.2 Å². The van der Waals surface area contributed by atoms with E-state index in [2.05, 4.69) is 5.32 Å². The van der Waals surface area contributed by atoms with Crippen LogP contribution in [-0.4, -0.2) is 38.7 Å². The molecule has 0 saturated carbocycles. The van der Waals surface area contributed by atoms with Crippen LogP contribution in [0.25, 0.3) is 0 Å². The second-order valence-corrected chi connectivity index (χ2v) is 9.89. The first-order valence-electron chi connectivity index (χ1n) is 10.1. The molecule has 0 aromatic heterocycles. The molecule has 0 spiro atoms. The number of nitrogens with one attached hydrogen (secondary N) is 1. The van der Waals surface area contributed by atoms with Gasteiger partial charge in [-0.05, 0) is 64.4 Å². The van der Waals surface area contributed by atoms with E-state index in [0.717, 1.165) is 0 Å². The molecule has 0 heterocycles. The number of amides is 1. The van der Waals surface area contributed by atoms with Gasteiger partial charge in [0.15, 0.2) is 0 Å². The fraction of sp³-hybridized carbons (Fsp3) is 0.391. The van der Waals surface area contributed by atoms with Gasteiger partial charge in [0.1, 0.15) is 16.2 Å². The lowest BCUT2D eigenvalue weighted by Crippen LogP contribution is -2.37. The van der Waals surface area contributed by atoms with Gasteiger partial charge < -0.3 is 19.0 Å². The van der Waals surface area contributed by atoms with Crippen LogP contribution in [0.3, 0.4) is 0 Å². The normalized spacial score (nSPS) is 12.7. The van der Waals surface area contributed by atoms with Crippen LogP contribution in [0.15, 0.2) is 59.5 Å². The van der Waals surface area contributed by atoms with Crippen LogP contribution in [0.2, 0.25) is 0 Å². The standard InChI is InChI=1S/C23H29NO7S/c1-16(2)29-21(25)20(15-24-22(26)30-23(3,4)5)17-10-9-11-18(14-17)31-32(27,28)19-12-7-6-8-13-19/h6-14,16,20H,15H2,1-5H3,(H,24,26). The van der Waals surface area contributed by atoms with Crippen LogP contribution in [-0.2, 0) is 24.4 Å². The Morgan fingerprint density at radius 3 is 2.25 bits per heavy atom. The quantitative estimate of drug-likeness (QED) is 0.465. The molecule has 1 unspecified atom stereocenters. The number of ether oxygens (including phenoxy) is 2. The van der Waals surface area contributed by atoms with Crippen LogP contribution in [0, 0.1) is 0 Å². The molecular weight excluding hydrogens is 434 g/mol. The molecule has 0 radical (unpaired) electrons. The fourth-order valence-corrected chi connectivity index (χ4v) is 3.64. The van der Waals surface area contributed by atoms with E-state index in [4.69, 9.17) is 13.7 Å². The molecule has 1 amide bonds. The summed E-state index contributed by atoms with van der Waals surface area (Å²) in [7, 11) is -4.05. The van der Waals surface area contributed by atoms with Crippen molar-refractivity contribution in [2.75, 3.05) is 6.54 Å². The first-order valence-corrected chi connectivity index (χ1v) is 11.5. The predicted octanol–water partition coefficient (Wildman–Crippen LogP) is 4.01. The first kappa shape index (κ1) is 25.2. The zero-order valence-corrected chi connectivity index (χ0v) is 19.6. The Morgan fingerprint density at radius 1 is 1.00 bits per heavy atom. The lowest BCUT2D eigenvalue weighted by atomic mass is 9.99. The van der Waals surface area contributed by atoms with Gasteiger partial charge in [-0.3, -0.25) is 4.79 Å². The van der Waals surface area contributed by atoms with Gasteiger partial charge in [-0.1, -0.05) is 30.3 Å². The van der Waals surface area contributed by atoms with Gasteiger partial charge in [0, 0.05) is 6.54 Å². The van der Waals surface area contributed by atoms with E-state index in [-0.39, 0.29) is 23.3 Å². The minimum Gasteiger partial charge on any atom is -0.462 e. The average molecular weight is 464 g/mol. The summed E-state index contributed by atoms with van der Waals surface area (Å²) in [6.07, 6.45) is -1.05. The number of carbonyl (C=O) groups excluding carboxylic acids is 2. The zero-order valence-electron chi connectivity index (χ0n) is 18.8. The largest absolute Gasteiger partial charge is 0.462 e. The lowest BCUT2D eigenvalue weighted by molar-refractivity contribution is -0.149. The number of hydrogen-bond acceptors (Lipinski definition) is 7. The second-order valence-electron chi connectivity index (χ2n) is 8.34. The van der Waals surface area contributed by atoms with Gasteiger partial charge in [-0.25, -0.2) is 4.79 Å². The van der Waals surface area contributed by atoms with Crippen molar-refractivity contribution in [3.63, 3.8) is 0 Å². The summed E-state index contributed by atoms with van der Waals surface area (Å²) >= 11 is 0. The molecule has 1 atom stereocenters. The van der Waals surface area contributed by atoms with Crippen molar-refractivity contribution in [3.05, 3.63) is 60.2 Å². The van der Waals surface area contributed by atoms with Crippen LogP contribution in [0.4, 0.5) is 4.79 Å². The Kier molecular flexibility index (Phi) is 8.26. The summed E-state index contributed by atoms with van der Waals surface area (Å²) in [6.45, 7) is 8.50. The minimum atomic E-state index is -4.05. The molecule has 0 aliphatic rings. The number of benzene rings is 2. The second kappa shape index (κ2) is 10.5. The summed E-state index contributed by atoms with van der Waals surface area (Å²) in [4.78, 5) is 24.8. The van der Waals surface area contributed by atoms with Gasteiger partial charge in [0.05, 0.1) is 12.0 Å². The molecule has 32 heavy (non-hydrogen) atoms. The Bertz CT molecular complexity index is 1030.